The zero-order chi connectivity index (χ0) is 3.41. The van der Waals surface area contributed by atoms with Crippen molar-refractivity contribution in [3.63, 3.8) is 0 Å². The molecule has 0 aliphatic rings. The van der Waals surface area contributed by atoms with E-state index in [0.717, 1.165) is 0 Å². The summed E-state index contributed by atoms with van der Waals surface area (Å²) in [7, 11) is 0. The molecule has 0 bridgehead atoms. The van der Waals surface area contributed by atoms with E-state index >= 15 is 0 Å². The molecule has 0 amide bonds. The van der Waals surface area contributed by atoms with E-state index in [1.54, 1.807) is 0 Å². The normalized spacial score (nSPS) is 4.00. The quantitative estimate of drug-likeness (QED) is 0.312. The van der Waals surface area contributed by atoms with Crippen LogP contribution in [0.5, 0.6) is 0 Å². The number of nitrogens with two attached hydrogens (primary N) is 1. The monoisotopic (exact) mass is 133 g/mol. The van der Waals surface area contributed by atoms with Gasteiger partial charge in [0.15, 0.2) is 0 Å². The van der Waals surface area contributed by atoms with Crippen LogP contribution in [-0.4, -0.2) is 24.5 Å². The van der Waals surface area contributed by atoms with Gasteiger partial charge in [-0.1, -0.05) is 5.92 Å². The molecule has 0 aromatic carbocycles. The van der Waals surface area contributed by atoms with E-state index in [9.17, 15) is 0 Å². The Kier molecular flexibility index (Phi) is 16.0. The van der Waals surface area contributed by atoms with Crippen molar-refractivity contribution < 1.29 is 0 Å². The van der Waals surface area contributed by atoms with Crippen molar-refractivity contribution in [3.8, 4) is 12.3 Å². The van der Waals surface area contributed by atoms with E-state index in [2.05, 4.69) is 12.3 Å². The average Bonchev–Trinajstić information content (AvgIpc) is 1.37. The van der Waals surface area contributed by atoms with Crippen LogP contribution in [0.2, 0.25) is 0 Å². The molecule has 0 spiro atoms. The van der Waals surface area contributed by atoms with E-state index in [1.807, 2.05) is 0 Å². The van der Waals surface area contributed by atoms with Crippen molar-refractivity contribution in [2.45, 2.75) is 0 Å². The Bertz CT molecular complexity index is 36.6. The van der Waals surface area contributed by atoms with Crippen LogP contribution >= 0.6 is 0 Å². The Hall–Kier alpha value is 0.0784. The van der Waals surface area contributed by atoms with E-state index < -0.39 is 0 Å². The summed E-state index contributed by atoms with van der Waals surface area (Å²) < 4.78 is 0. The number of hydrogen-bond donors (Lipinski definition) is 1. The summed E-state index contributed by atoms with van der Waals surface area (Å²) in [6.07, 6.45) is 4.65. The fourth-order valence-electron chi connectivity index (χ4n) is 0. The van der Waals surface area contributed by atoms with Crippen LogP contribution in [0.4, 0.5) is 0 Å². The van der Waals surface area contributed by atoms with Gasteiger partial charge in [0.1, 0.15) is 0 Å². The van der Waals surface area contributed by atoms with Crippen molar-refractivity contribution >= 4 is 18.0 Å². The molecule has 0 fully saturated rings. The second kappa shape index (κ2) is 8.95. The maximum atomic E-state index is 4.79. The van der Waals surface area contributed by atoms with Crippen LogP contribution in [0.3, 0.4) is 0 Å². The zero-order valence-corrected chi connectivity index (χ0v) is 6.04. The third-order valence-electron chi connectivity index (χ3n) is 0.118. The van der Waals surface area contributed by atoms with Crippen LogP contribution in [-0.2, 0) is 0 Å². The van der Waals surface area contributed by atoms with Crippen molar-refractivity contribution in [1.29, 1.82) is 0 Å². The van der Waals surface area contributed by atoms with Gasteiger partial charge in [-0.05, 0) is 0 Å². The predicted molar refractivity (Wildman–Crippen MR) is 27.8 cm³/mol. The Labute approximate surface area is 43.2 Å². The Morgan fingerprint density at radius 2 is 2.00 bits per heavy atom. The Balaban J connectivity index is 0. The van der Waals surface area contributed by atoms with E-state index in [-0.39, 0.29) is 18.0 Å². The summed E-state index contributed by atoms with van der Waals surface area (Å²) >= 11 is 0. The molecular weight excluding hydrogens is 125 g/mol. The summed E-state index contributed by atoms with van der Waals surface area (Å²) in [5.41, 5.74) is 4.79. The zero-order valence-electron chi connectivity index (χ0n) is 3.07. The number of terminal acetylenes is 1. The first-order valence-electron chi connectivity index (χ1n) is 1.05. The van der Waals surface area contributed by atoms with Gasteiger partial charge >= 0.3 is 18.0 Å². The first-order chi connectivity index (χ1) is 1.91. The number of hydrogen-bond acceptors (Lipinski definition) is 1. The number of rotatable bonds is 0. The minimum atomic E-state index is 0. The fourth-order valence-corrected chi connectivity index (χ4v) is 0. The molecule has 2 heteroatoms. The molecule has 0 aliphatic carbocycles. The van der Waals surface area contributed by atoms with Crippen molar-refractivity contribution in [2.24, 2.45) is 5.73 Å². The second-order valence-electron chi connectivity index (χ2n) is 0.408. The summed E-state index contributed by atoms with van der Waals surface area (Å²) in [6.45, 7) is 0.347. The molecule has 30 valence electrons. The Morgan fingerprint density at radius 3 is 2.00 bits per heavy atom. The SMILES string of the molecule is C#CCN.[AsH3]. The van der Waals surface area contributed by atoms with Gasteiger partial charge in [-0.2, -0.15) is 0 Å². The van der Waals surface area contributed by atoms with Crippen LogP contribution in [0.1, 0.15) is 0 Å². The molecular formula is C3H8AsN. The van der Waals surface area contributed by atoms with Gasteiger partial charge in [-0.15, -0.1) is 6.42 Å². The standard InChI is InChI=1S/C3H5N.AsH3/c1-2-3-4;/h1H,3-4H2;1H3. The summed E-state index contributed by atoms with van der Waals surface area (Å²) in [5.74, 6) is 2.21. The first-order valence-corrected chi connectivity index (χ1v) is 1.05. The van der Waals surface area contributed by atoms with Crippen molar-refractivity contribution in [1.82, 2.24) is 0 Å². The van der Waals surface area contributed by atoms with Crippen LogP contribution in [0.25, 0.3) is 0 Å². The molecule has 0 aromatic heterocycles. The fraction of sp³-hybridized carbons (Fsp3) is 0.333. The van der Waals surface area contributed by atoms with Gasteiger partial charge < -0.3 is 5.73 Å². The van der Waals surface area contributed by atoms with Crippen molar-refractivity contribution in [2.75, 3.05) is 6.54 Å². The van der Waals surface area contributed by atoms with Gasteiger partial charge in [0, 0.05) is 0 Å². The van der Waals surface area contributed by atoms with Gasteiger partial charge in [0.25, 0.3) is 0 Å². The molecule has 2 N–H and O–H groups in total. The second-order valence-corrected chi connectivity index (χ2v) is 0.408. The molecule has 1 nitrogen and oxygen atoms in total. The third kappa shape index (κ3) is 15.1. The van der Waals surface area contributed by atoms with Crippen molar-refractivity contribution in [3.05, 3.63) is 0 Å². The first kappa shape index (κ1) is 8.91. The molecule has 0 aliphatic heterocycles. The van der Waals surface area contributed by atoms with Crippen LogP contribution < -0.4 is 5.73 Å². The minimum absolute atomic E-state index is 0. The third-order valence-corrected chi connectivity index (χ3v) is 0.118. The van der Waals surface area contributed by atoms with E-state index in [4.69, 9.17) is 5.73 Å². The Morgan fingerprint density at radius 1 is 1.80 bits per heavy atom. The van der Waals surface area contributed by atoms with Gasteiger partial charge in [-0.3, -0.25) is 0 Å². The van der Waals surface area contributed by atoms with Gasteiger partial charge in [0.2, 0.25) is 0 Å². The summed E-state index contributed by atoms with van der Waals surface area (Å²) in [6, 6.07) is 0. The molecule has 1 unspecified atom stereocenters. The molecule has 0 saturated carbocycles. The molecule has 0 saturated heterocycles. The molecule has 0 rings (SSSR count). The molecule has 0 aromatic rings. The molecule has 5 heavy (non-hydrogen) atoms. The molecule has 0 heterocycles. The molecule has 1 atom stereocenters. The molecule has 0 radical (unpaired) electrons. The summed E-state index contributed by atoms with van der Waals surface area (Å²) in [5, 5.41) is 0. The maximum absolute atomic E-state index is 4.79. The van der Waals surface area contributed by atoms with E-state index in [1.165, 1.54) is 0 Å². The van der Waals surface area contributed by atoms with Gasteiger partial charge in [-0.25, -0.2) is 0 Å². The van der Waals surface area contributed by atoms with Crippen LogP contribution in [0, 0.1) is 12.3 Å². The average molecular weight is 133 g/mol. The van der Waals surface area contributed by atoms with E-state index in [0.29, 0.717) is 6.54 Å². The summed E-state index contributed by atoms with van der Waals surface area (Å²) in [4.78, 5) is 0. The predicted octanol–water partition coefficient (Wildman–Crippen LogP) is -1.61. The van der Waals surface area contributed by atoms with Gasteiger partial charge in [0.05, 0.1) is 6.54 Å². The topological polar surface area (TPSA) is 26.0 Å². The van der Waals surface area contributed by atoms with Crippen LogP contribution in [0.15, 0.2) is 0 Å².